The van der Waals surface area contributed by atoms with Gasteiger partial charge in [-0.2, -0.15) is 0 Å². The maximum atomic E-state index is 12.6. The summed E-state index contributed by atoms with van der Waals surface area (Å²) in [7, 11) is 0. The normalized spacial score (nSPS) is 9.90. The predicted molar refractivity (Wildman–Crippen MR) is 36.8 cm³/mol. The van der Waals surface area contributed by atoms with Crippen molar-refractivity contribution in [2.24, 2.45) is 5.73 Å². The van der Waals surface area contributed by atoms with Crippen LogP contribution >= 0.6 is 0 Å². The van der Waals surface area contributed by atoms with Crippen molar-refractivity contribution < 1.29 is 4.39 Å². The Kier molecular flexibility index (Phi) is 1.97. The zero-order valence-corrected chi connectivity index (χ0v) is 5.76. The van der Waals surface area contributed by atoms with Crippen LogP contribution in [-0.4, -0.2) is 4.98 Å². The Balaban J connectivity index is 3.14. The van der Waals surface area contributed by atoms with Crippen molar-refractivity contribution in [1.82, 2.24) is 4.98 Å². The molecule has 2 N–H and O–H groups in total. The SMILES string of the molecule is Cc1c(F)cncc1CN. The van der Waals surface area contributed by atoms with E-state index < -0.39 is 0 Å². The van der Waals surface area contributed by atoms with E-state index in [0.29, 0.717) is 12.1 Å². The largest absolute Gasteiger partial charge is 0.326 e. The van der Waals surface area contributed by atoms with Crippen LogP contribution < -0.4 is 5.73 Å². The van der Waals surface area contributed by atoms with Crippen LogP contribution in [0, 0.1) is 12.7 Å². The molecule has 54 valence electrons. The maximum Gasteiger partial charge on any atom is 0.144 e. The molecule has 0 saturated heterocycles. The summed E-state index contributed by atoms with van der Waals surface area (Å²) in [5, 5.41) is 0. The molecule has 0 unspecified atom stereocenters. The Morgan fingerprint density at radius 1 is 1.60 bits per heavy atom. The fourth-order valence-electron chi connectivity index (χ4n) is 0.746. The Labute approximate surface area is 58.9 Å². The minimum Gasteiger partial charge on any atom is -0.326 e. The molecule has 0 radical (unpaired) electrons. The lowest BCUT2D eigenvalue weighted by atomic mass is 10.1. The highest BCUT2D eigenvalue weighted by Crippen LogP contribution is 2.08. The summed E-state index contributed by atoms with van der Waals surface area (Å²) in [5.74, 6) is -0.289. The van der Waals surface area contributed by atoms with Gasteiger partial charge in [0, 0.05) is 12.7 Å². The van der Waals surface area contributed by atoms with E-state index in [1.807, 2.05) is 0 Å². The van der Waals surface area contributed by atoms with Gasteiger partial charge in [0.25, 0.3) is 0 Å². The van der Waals surface area contributed by atoms with Crippen LogP contribution in [0.15, 0.2) is 12.4 Å². The maximum absolute atomic E-state index is 12.6. The van der Waals surface area contributed by atoms with E-state index in [-0.39, 0.29) is 5.82 Å². The standard InChI is InChI=1S/C7H9FN2/c1-5-6(2-9)3-10-4-7(5)8/h3-4H,2,9H2,1H3. The van der Waals surface area contributed by atoms with Gasteiger partial charge in [0.2, 0.25) is 0 Å². The van der Waals surface area contributed by atoms with Crippen molar-refractivity contribution >= 4 is 0 Å². The average molecular weight is 140 g/mol. The minimum absolute atomic E-state index is 0.289. The quantitative estimate of drug-likeness (QED) is 0.631. The van der Waals surface area contributed by atoms with Crippen LogP contribution in [0.1, 0.15) is 11.1 Å². The number of nitrogens with two attached hydrogens (primary N) is 1. The van der Waals surface area contributed by atoms with Crippen LogP contribution in [0.4, 0.5) is 4.39 Å². The zero-order chi connectivity index (χ0) is 7.56. The van der Waals surface area contributed by atoms with Gasteiger partial charge in [0.15, 0.2) is 0 Å². The molecule has 10 heavy (non-hydrogen) atoms. The molecule has 0 amide bonds. The number of pyridine rings is 1. The lowest BCUT2D eigenvalue weighted by molar-refractivity contribution is 0.608. The highest BCUT2D eigenvalue weighted by atomic mass is 19.1. The van der Waals surface area contributed by atoms with Crippen LogP contribution in [0.2, 0.25) is 0 Å². The van der Waals surface area contributed by atoms with Gasteiger partial charge in [0.1, 0.15) is 5.82 Å². The molecule has 3 heteroatoms. The van der Waals surface area contributed by atoms with Crippen molar-refractivity contribution in [3.63, 3.8) is 0 Å². The van der Waals surface area contributed by atoms with Crippen molar-refractivity contribution in [2.45, 2.75) is 13.5 Å². The van der Waals surface area contributed by atoms with Crippen molar-refractivity contribution in [3.05, 3.63) is 29.3 Å². The molecule has 0 aliphatic rings. The van der Waals surface area contributed by atoms with E-state index in [2.05, 4.69) is 4.98 Å². The third-order valence-corrected chi connectivity index (χ3v) is 1.48. The lowest BCUT2D eigenvalue weighted by Crippen LogP contribution is -2.01. The monoisotopic (exact) mass is 140 g/mol. The summed E-state index contributed by atoms with van der Waals surface area (Å²) in [6.07, 6.45) is 2.77. The molecule has 0 aliphatic heterocycles. The summed E-state index contributed by atoms with van der Waals surface area (Å²) in [5.41, 5.74) is 6.67. The summed E-state index contributed by atoms with van der Waals surface area (Å²) in [4.78, 5) is 3.66. The molecule has 0 spiro atoms. The second kappa shape index (κ2) is 2.75. The van der Waals surface area contributed by atoms with E-state index in [4.69, 9.17) is 5.73 Å². The first-order chi connectivity index (χ1) is 4.75. The Morgan fingerprint density at radius 3 is 2.80 bits per heavy atom. The molecule has 1 aromatic heterocycles. The summed E-state index contributed by atoms with van der Waals surface area (Å²) < 4.78 is 12.6. The van der Waals surface area contributed by atoms with Crippen LogP contribution in [-0.2, 0) is 6.54 Å². The first kappa shape index (κ1) is 7.15. The fourth-order valence-corrected chi connectivity index (χ4v) is 0.746. The van der Waals surface area contributed by atoms with E-state index in [9.17, 15) is 4.39 Å². The molecular weight excluding hydrogens is 131 g/mol. The van der Waals surface area contributed by atoms with Crippen LogP contribution in [0.5, 0.6) is 0 Å². The van der Waals surface area contributed by atoms with E-state index in [1.54, 1.807) is 13.1 Å². The minimum atomic E-state index is -0.289. The van der Waals surface area contributed by atoms with Crippen LogP contribution in [0.3, 0.4) is 0 Å². The molecule has 0 saturated carbocycles. The summed E-state index contributed by atoms with van der Waals surface area (Å²) in [6.45, 7) is 2.04. The van der Waals surface area contributed by atoms with Crippen molar-refractivity contribution in [1.29, 1.82) is 0 Å². The molecule has 0 aromatic carbocycles. The van der Waals surface area contributed by atoms with E-state index in [1.165, 1.54) is 6.20 Å². The Bertz CT molecular complexity index is 235. The summed E-state index contributed by atoms with van der Waals surface area (Å²) in [6, 6.07) is 0. The number of nitrogens with zero attached hydrogens (tertiary/aromatic N) is 1. The molecule has 1 heterocycles. The molecule has 0 atom stereocenters. The van der Waals surface area contributed by atoms with Gasteiger partial charge in [-0.3, -0.25) is 4.98 Å². The zero-order valence-electron chi connectivity index (χ0n) is 5.76. The lowest BCUT2D eigenvalue weighted by Gasteiger charge is -2.00. The molecule has 1 aromatic rings. The molecule has 1 rings (SSSR count). The molecule has 0 fully saturated rings. The van der Waals surface area contributed by atoms with E-state index in [0.717, 1.165) is 5.56 Å². The number of hydrogen-bond donors (Lipinski definition) is 1. The van der Waals surface area contributed by atoms with Gasteiger partial charge >= 0.3 is 0 Å². The highest BCUT2D eigenvalue weighted by Gasteiger charge is 2.00. The van der Waals surface area contributed by atoms with Crippen molar-refractivity contribution in [3.8, 4) is 0 Å². The first-order valence-corrected chi connectivity index (χ1v) is 3.04. The van der Waals surface area contributed by atoms with Gasteiger partial charge < -0.3 is 5.73 Å². The third-order valence-electron chi connectivity index (χ3n) is 1.48. The number of rotatable bonds is 1. The highest BCUT2D eigenvalue weighted by molar-refractivity contribution is 5.22. The topological polar surface area (TPSA) is 38.9 Å². The second-order valence-electron chi connectivity index (χ2n) is 2.11. The Hall–Kier alpha value is -0.960. The smallest absolute Gasteiger partial charge is 0.144 e. The molecule has 0 bridgehead atoms. The van der Waals surface area contributed by atoms with Gasteiger partial charge in [-0.15, -0.1) is 0 Å². The number of hydrogen-bond acceptors (Lipinski definition) is 2. The number of aromatic nitrogens is 1. The predicted octanol–water partition coefficient (Wildman–Crippen LogP) is 0.988. The molecule has 2 nitrogen and oxygen atoms in total. The first-order valence-electron chi connectivity index (χ1n) is 3.04. The fraction of sp³-hybridized carbons (Fsp3) is 0.286. The third kappa shape index (κ3) is 1.14. The Morgan fingerprint density at radius 2 is 2.30 bits per heavy atom. The second-order valence-corrected chi connectivity index (χ2v) is 2.11. The van der Waals surface area contributed by atoms with Gasteiger partial charge in [0.05, 0.1) is 6.20 Å². The number of halogens is 1. The molecule has 0 aliphatic carbocycles. The molecular formula is C7H9FN2. The van der Waals surface area contributed by atoms with Gasteiger partial charge in [-0.1, -0.05) is 0 Å². The average Bonchev–Trinajstić information content (AvgIpc) is 1.95. The van der Waals surface area contributed by atoms with Crippen LogP contribution in [0.25, 0.3) is 0 Å². The van der Waals surface area contributed by atoms with Gasteiger partial charge in [-0.25, -0.2) is 4.39 Å². The summed E-state index contributed by atoms with van der Waals surface area (Å²) >= 11 is 0. The van der Waals surface area contributed by atoms with Crippen molar-refractivity contribution in [2.75, 3.05) is 0 Å². The van der Waals surface area contributed by atoms with E-state index >= 15 is 0 Å². The van der Waals surface area contributed by atoms with Gasteiger partial charge in [-0.05, 0) is 18.1 Å².